The minimum Gasteiger partial charge on any atom is -0.397 e. The minimum atomic E-state index is -0.235. The average molecular weight is 300 g/mol. The van der Waals surface area contributed by atoms with E-state index < -0.39 is 0 Å². The number of benzene rings is 1. The first-order chi connectivity index (χ1) is 8.99. The number of nitrogens with zero attached hydrogens (tertiary/aromatic N) is 3. The third-order valence-electron chi connectivity index (χ3n) is 2.50. The molecule has 1 aromatic heterocycles. The van der Waals surface area contributed by atoms with Crippen LogP contribution in [0.3, 0.4) is 0 Å². The van der Waals surface area contributed by atoms with Crippen molar-refractivity contribution < 1.29 is 4.79 Å². The van der Waals surface area contributed by atoms with Gasteiger partial charge < -0.3 is 10.6 Å². The molecule has 19 heavy (non-hydrogen) atoms. The molecule has 0 spiro atoms. The van der Waals surface area contributed by atoms with Crippen LogP contribution in [-0.4, -0.2) is 33.0 Å². The summed E-state index contributed by atoms with van der Waals surface area (Å²) in [5, 5.41) is 6.89. The van der Waals surface area contributed by atoms with Gasteiger partial charge in [0, 0.05) is 12.6 Å². The summed E-state index contributed by atoms with van der Waals surface area (Å²) in [6, 6.07) is 2.98. The van der Waals surface area contributed by atoms with E-state index in [2.05, 4.69) is 15.2 Å². The smallest absolute Gasteiger partial charge is 0.254 e. The van der Waals surface area contributed by atoms with Crippen molar-refractivity contribution in [3.05, 3.63) is 39.9 Å². The summed E-state index contributed by atoms with van der Waals surface area (Å²) in [6.45, 7) is 0.305. The van der Waals surface area contributed by atoms with E-state index >= 15 is 0 Å². The summed E-state index contributed by atoms with van der Waals surface area (Å²) < 4.78 is 0. The van der Waals surface area contributed by atoms with E-state index in [0.29, 0.717) is 17.9 Å². The van der Waals surface area contributed by atoms with E-state index in [1.54, 1.807) is 7.05 Å². The van der Waals surface area contributed by atoms with Crippen molar-refractivity contribution in [3.63, 3.8) is 0 Å². The first-order valence-corrected chi connectivity index (χ1v) is 6.09. The van der Waals surface area contributed by atoms with Gasteiger partial charge in [0.05, 0.1) is 22.3 Å². The fourth-order valence-corrected chi connectivity index (χ4v) is 1.89. The fraction of sp³-hybridized carbons (Fsp3) is 0.182. The third kappa shape index (κ3) is 2.97. The maximum Gasteiger partial charge on any atom is 0.254 e. The number of carbonyl (C=O) groups is 1. The second-order valence-corrected chi connectivity index (χ2v) is 4.74. The molecule has 0 aliphatic rings. The molecule has 0 bridgehead atoms. The standard InChI is InChI=1S/C11H11Cl2N5O/c1-18(4-9-15-5-16-17-9)11(19)6-2-7(12)10(13)8(14)3-6/h2-3,5H,4,14H2,1H3,(H,15,16,17). The molecule has 100 valence electrons. The lowest BCUT2D eigenvalue weighted by Crippen LogP contribution is -2.26. The van der Waals surface area contributed by atoms with Gasteiger partial charge in [0.2, 0.25) is 0 Å². The van der Waals surface area contributed by atoms with Crippen molar-refractivity contribution in [2.24, 2.45) is 0 Å². The van der Waals surface area contributed by atoms with E-state index in [4.69, 9.17) is 28.9 Å². The monoisotopic (exact) mass is 299 g/mol. The Balaban J connectivity index is 2.19. The molecule has 0 saturated carbocycles. The van der Waals surface area contributed by atoms with Crippen LogP contribution in [0.4, 0.5) is 5.69 Å². The molecule has 0 unspecified atom stereocenters. The highest BCUT2D eigenvalue weighted by Gasteiger charge is 2.16. The highest BCUT2D eigenvalue weighted by Crippen LogP contribution is 2.29. The second kappa shape index (κ2) is 5.46. The van der Waals surface area contributed by atoms with Gasteiger partial charge in [0.1, 0.15) is 12.2 Å². The van der Waals surface area contributed by atoms with E-state index in [1.165, 1.54) is 23.4 Å². The number of nitrogens with one attached hydrogen (secondary N) is 1. The van der Waals surface area contributed by atoms with Crippen molar-refractivity contribution in [1.82, 2.24) is 20.1 Å². The van der Waals surface area contributed by atoms with Crippen LogP contribution in [0.2, 0.25) is 10.0 Å². The molecule has 0 aliphatic carbocycles. The van der Waals surface area contributed by atoms with Gasteiger partial charge in [-0.2, -0.15) is 5.10 Å². The normalized spacial score (nSPS) is 10.5. The average Bonchev–Trinajstić information content (AvgIpc) is 2.87. The SMILES string of the molecule is CN(Cc1ncn[nH]1)C(=O)c1cc(N)c(Cl)c(Cl)c1. The summed E-state index contributed by atoms with van der Waals surface area (Å²) in [6.07, 6.45) is 1.38. The van der Waals surface area contributed by atoms with Crippen LogP contribution in [0.15, 0.2) is 18.5 Å². The van der Waals surface area contributed by atoms with Crippen molar-refractivity contribution >= 4 is 34.8 Å². The highest BCUT2D eigenvalue weighted by atomic mass is 35.5. The van der Waals surface area contributed by atoms with Gasteiger partial charge in [-0.3, -0.25) is 9.89 Å². The highest BCUT2D eigenvalue weighted by molar-refractivity contribution is 6.43. The first kappa shape index (κ1) is 13.6. The van der Waals surface area contributed by atoms with E-state index in [9.17, 15) is 4.79 Å². The van der Waals surface area contributed by atoms with Gasteiger partial charge in [0.25, 0.3) is 5.91 Å². The zero-order chi connectivity index (χ0) is 14.0. The van der Waals surface area contributed by atoms with Crippen LogP contribution in [0, 0.1) is 0 Å². The zero-order valence-corrected chi connectivity index (χ0v) is 11.5. The molecule has 0 fully saturated rings. The van der Waals surface area contributed by atoms with E-state index in [0.717, 1.165) is 0 Å². The van der Waals surface area contributed by atoms with Gasteiger partial charge in [0.15, 0.2) is 0 Å². The topological polar surface area (TPSA) is 87.9 Å². The Bertz CT molecular complexity index is 576. The number of aromatic amines is 1. The van der Waals surface area contributed by atoms with Gasteiger partial charge >= 0.3 is 0 Å². The number of nitrogen functional groups attached to an aromatic ring is 1. The number of hydrogen-bond acceptors (Lipinski definition) is 4. The molecular weight excluding hydrogens is 289 g/mol. The number of hydrogen-bond donors (Lipinski definition) is 2. The molecule has 1 amide bonds. The Morgan fingerprint density at radius 1 is 1.47 bits per heavy atom. The Morgan fingerprint density at radius 2 is 2.21 bits per heavy atom. The summed E-state index contributed by atoms with van der Waals surface area (Å²) in [5.41, 5.74) is 6.32. The molecule has 3 N–H and O–H groups in total. The molecule has 2 rings (SSSR count). The number of halogens is 2. The largest absolute Gasteiger partial charge is 0.397 e. The number of carbonyl (C=O) groups excluding carboxylic acids is 1. The molecule has 0 radical (unpaired) electrons. The van der Waals surface area contributed by atoms with Crippen LogP contribution in [0.1, 0.15) is 16.2 Å². The van der Waals surface area contributed by atoms with Crippen molar-refractivity contribution in [1.29, 1.82) is 0 Å². The Kier molecular flexibility index (Phi) is 3.92. The lowest BCUT2D eigenvalue weighted by atomic mass is 10.2. The van der Waals surface area contributed by atoms with Crippen molar-refractivity contribution in [2.45, 2.75) is 6.54 Å². The third-order valence-corrected chi connectivity index (χ3v) is 3.32. The fourth-order valence-electron chi connectivity index (χ4n) is 1.56. The summed E-state index contributed by atoms with van der Waals surface area (Å²) >= 11 is 11.7. The second-order valence-electron chi connectivity index (χ2n) is 3.95. The van der Waals surface area contributed by atoms with Crippen LogP contribution in [0.5, 0.6) is 0 Å². The lowest BCUT2D eigenvalue weighted by molar-refractivity contribution is 0.0782. The first-order valence-electron chi connectivity index (χ1n) is 5.33. The quantitative estimate of drug-likeness (QED) is 0.848. The maximum atomic E-state index is 12.2. The van der Waals surface area contributed by atoms with Crippen molar-refractivity contribution in [2.75, 3.05) is 12.8 Å². The van der Waals surface area contributed by atoms with Crippen LogP contribution in [0.25, 0.3) is 0 Å². The van der Waals surface area contributed by atoms with Crippen molar-refractivity contribution in [3.8, 4) is 0 Å². The van der Waals surface area contributed by atoms with Crippen LogP contribution in [-0.2, 0) is 6.54 Å². The van der Waals surface area contributed by atoms with E-state index in [-0.39, 0.29) is 21.6 Å². The van der Waals surface area contributed by atoms with Gasteiger partial charge in [-0.25, -0.2) is 4.98 Å². The van der Waals surface area contributed by atoms with Gasteiger partial charge in [-0.15, -0.1) is 0 Å². The lowest BCUT2D eigenvalue weighted by Gasteiger charge is -2.16. The maximum absolute atomic E-state index is 12.2. The van der Waals surface area contributed by atoms with Crippen LogP contribution < -0.4 is 5.73 Å². The molecule has 1 aromatic carbocycles. The molecular formula is C11H11Cl2N5O. The van der Waals surface area contributed by atoms with E-state index in [1.807, 2.05) is 0 Å². The molecule has 0 aliphatic heterocycles. The zero-order valence-electron chi connectivity index (χ0n) is 10.0. The number of aromatic nitrogens is 3. The molecule has 2 aromatic rings. The molecule has 1 heterocycles. The molecule has 0 atom stereocenters. The molecule has 6 nitrogen and oxygen atoms in total. The number of anilines is 1. The predicted octanol–water partition coefficient (Wildman–Crippen LogP) is 1.97. The predicted molar refractivity (Wildman–Crippen MR) is 73.1 cm³/mol. The minimum absolute atomic E-state index is 0.235. The Morgan fingerprint density at radius 3 is 2.79 bits per heavy atom. The summed E-state index contributed by atoms with van der Waals surface area (Å²) in [4.78, 5) is 17.6. The summed E-state index contributed by atoms with van der Waals surface area (Å²) in [7, 11) is 1.64. The summed E-state index contributed by atoms with van der Waals surface area (Å²) in [5.74, 6) is 0.352. The van der Waals surface area contributed by atoms with Gasteiger partial charge in [-0.1, -0.05) is 23.2 Å². The number of nitrogens with two attached hydrogens (primary N) is 1. The molecule has 8 heteroatoms. The van der Waals surface area contributed by atoms with Crippen LogP contribution >= 0.6 is 23.2 Å². The number of rotatable bonds is 3. The Hall–Kier alpha value is -1.79. The molecule has 0 saturated heterocycles. The number of H-pyrrole nitrogens is 1. The van der Waals surface area contributed by atoms with Gasteiger partial charge in [-0.05, 0) is 12.1 Å². The number of amides is 1. The Labute approximate surface area is 119 Å².